The van der Waals surface area contributed by atoms with Gasteiger partial charge in [-0.1, -0.05) is 0 Å². The van der Waals surface area contributed by atoms with Crippen LogP contribution in [0, 0.1) is 0 Å². The third kappa shape index (κ3) is 4.75. The zero-order valence-electron chi connectivity index (χ0n) is 11.8. The number of anilines is 1. The maximum atomic E-state index is 11.6. The first-order valence-corrected chi connectivity index (χ1v) is 5.91. The number of carbonyl (C=O) groups is 4. The molecule has 1 aromatic carbocycles. The van der Waals surface area contributed by atoms with Crippen LogP contribution in [0.3, 0.4) is 0 Å². The van der Waals surface area contributed by atoms with Crippen molar-refractivity contribution >= 4 is 29.5 Å². The first kappa shape index (κ1) is 16.9. The highest BCUT2D eigenvalue weighted by Gasteiger charge is 2.14. The molecule has 0 spiro atoms. The Kier molecular flexibility index (Phi) is 5.82. The van der Waals surface area contributed by atoms with E-state index in [1.807, 2.05) is 0 Å². The van der Waals surface area contributed by atoms with Gasteiger partial charge in [-0.05, 0) is 18.2 Å². The van der Waals surface area contributed by atoms with Gasteiger partial charge >= 0.3 is 17.9 Å². The van der Waals surface area contributed by atoms with Crippen molar-refractivity contribution in [2.24, 2.45) is 0 Å². The highest BCUT2D eigenvalue weighted by molar-refractivity contribution is 6.04. The molecule has 1 amide bonds. The fourth-order valence-electron chi connectivity index (χ4n) is 1.50. The first-order valence-electron chi connectivity index (χ1n) is 5.91. The number of nitrogens with one attached hydrogen (secondary N) is 1. The minimum absolute atomic E-state index is 0.0305. The maximum Gasteiger partial charge on any atom is 0.337 e. The number of amides is 1. The SMILES string of the molecule is COC(=O)c1cc(NC(=O)/C=C/C(=O)O)cc(C(=O)OC)c1. The Labute approximate surface area is 125 Å². The van der Waals surface area contributed by atoms with E-state index in [0.717, 1.165) is 6.08 Å². The van der Waals surface area contributed by atoms with E-state index in [1.54, 1.807) is 0 Å². The molecule has 0 aromatic heterocycles. The number of benzene rings is 1. The van der Waals surface area contributed by atoms with Crippen molar-refractivity contribution in [2.75, 3.05) is 19.5 Å². The third-order valence-corrected chi connectivity index (χ3v) is 2.42. The topological polar surface area (TPSA) is 119 Å². The van der Waals surface area contributed by atoms with Gasteiger partial charge in [0.2, 0.25) is 5.91 Å². The second-order valence-corrected chi connectivity index (χ2v) is 3.94. The van der Waals surface area contributed by atoms with Gasteiger partial charge in [-0.2, -0.15) is 0 Å². The summed E-state index contributed by atoms with van der Waals surface area (Å²) in [5.41, 5.74) is 0.175. The molecule has 2 N–H and O–H groups in total. The predicted molar refractivity (Wildman–Crippen MR) is 74.5 cm³/mol. The summed E-state index contributed by atoms with van der Waals surface area (Å²) in [5, 5.41) is 10.8. The number of carbonyl (C=O) groups excluding carboxylic acids is 3. The molecule has 8 nitrogen and oxygen atoms in total. The molecule has 0 radical (unpaired) electrons. The van der Waals surface area contributed by atoms with Crippen molar-refractivity contribution in [3.05, 3.63) is 41.5 Å². The number of methoxy groups -OCH3 is 2. The summed E-state index contributed by atoms with van der Waals surface area (Å²) in [6, 6.07) is 3.82. The quantitative estimate of drug-likeness (QED) is 0.611. The van der Waals surface area contributed by atoms with E-state index in [4.69, 9.17) is 5.11 Å². The molecule has 0 fully saturated rings. The number of hydrogen-bond acceptors (Lipinski definition) is 6. The second kappa shape index (κ2) is 7.58. The Bertz CT molecular complexity index is 614. The van der Waals surface area contributed by atoms with Crippen LogP contribution in [0.4, 0.5) is 5.69 Å². The lowest BCUT2D eigenvalue weighted by Gasteiger charge is -2.08. The van der Waals surface area contributed by atoms with Crippen molar-refractivity contribution < 1.29 is 33.8 Å². The molecule has 1 rings (SSSR count). The van der Waals surface area contributed by atoms with Gasteiger partial charge in [-0.25, -0.2) is 14.4 Å². The van der Waals surface area contributed by atoms with Crippen LogP contribution in [0.1, 0.15) is 20.7 Å². The Morgan fingerprint density at radius 3 is 1.86 bits per heavy atom. The number of carboxylic acid groups (broad SMARTS) is 1. The van der Waals surface area contributed by atoms with Gasteiger partial charge in [0.1, 0.15) is 0 Å². The van der Waals surface area contributed by atoms with E-state index in [-0.39, 0.29) is 16.8 Å². The second-order valence-electron chi connectivity index (χ2n) is 3.94. The van der Waals surface area contributed by atoms with Crippen LogP contribution < -0.4 is 5.32 Å². The fraction of sp³-hybridized carbons (Fsp3) is 0.143. The van der Waals surface area contributed by atoms with E-state index in [2.05, 4.69) is 14.8 Å². The number of esters is 2. The summed E-state index contributed by atoms with van der Waals surface area (Å²) in [6.45, 7) is 0. The van der Waals surface area contributed by atoms with Gasteiger partial charge in [0.15, 0.2) is 0 Å². The van der Waals surface area contributed by atoms with E-state index in [1.165, 1.54) is 32.4 Å². The summed E-state index contributed by atoms with van der Waals surface area (Å²) in [4.78, 5) is 45.0. The molecule has 1 aromatic rings. The Balaban J connectivity index is 3.12. The number of aliphatic carboxylic acids is 1. The average Bonchev–Trinajstić information content (AvgIpc) is 2.50. The molecule has 0 aliphatic heterocycles. The standard InChI is InChI=1S/C14H13NO7/c1-21-13(19)8-5-9(14(20)22-2)7-10(6-8)15-11(16)3-4-12(17)18/h3-7H,1-2H3,(H,15,16)(H,17,18)/b4-3+. The van der Waals surface area contributed by atoms with Crippen LogP contribution in [0.5, 0.6) is 0 Å². The Morgan fingerprint density at radius 1 is 0.955 bits per heavy atom. The van der Waals surface area contributed by atoms with Crippen LogP contribution in [0.25, 0.3) is 0 Å². The first-order chi connectivity index (χ1) is 10.4. The molecule has 0 unspecified atom stereocenters. The molecule has 0 atom stereocenters. The van der Waals surface area contributed by atoms with Crippen LogP contribution in [0.15, 0.2) is 30.4 Å². The van der Waals surface area contributed by atoms with Crippen LogP contribution in [-0.2, 0) is 19.1 Å². The summed E-state index contributed by atoms with van der Waals surface area (Å²) in [5.74, 6) is -3.43. The fourth-order valence-corrected chi connectivity index (χ4v) is 1.50. The number of carboxylic acids is 1. The molecule has 0 heterocycles. The highest BCUT2D eigenvalue weighted by atomic mass is 16.5. The molecule has 0 saturated heterocycles. The van der Waals surface area contributed by atoms with E-state index < -0.39 is 23.8 Å². The van der Waals surface area contributed by atoms with Crippen LogP contribution >= 0.6 is 0 Å². The van der Waals surface area contributed by atoms with Crippen LogP contribution in [0.2, 0.25) is 0 Å². The zero-order valence-corrected chi connectivity index (χ0v) is 11.8. The highest BCUT2D eigenvalue weighted by Crippen LogP contribution is 2.17. The van der Waals surface area contributed by atoms with Crippen molar-refractivity contribution in [3.8, 4) is 0 Å². The van der Waals surface area contributed by atoms with Gasteiger partial charge in [0.25, 0.3) is 0 Å². The molecule has 0 aliphatic rings. The van der Waals surface area contributed by atoms with Crippen molar-refractivity contribution in [2.45, 2.75) is 0 Å². The Morgan fingerprint density at radius 2 is 1.45 bits per heavy atom. The molecule has 22 heavy (non-hydrogen) atoms. The lowest BCUT2D eigenvalue weighted by Crippen LogP contribution is -2.12. The maximum absolute atomic E-state index is 11.6. The molecule has 8 heteroatoms. The van der Waals surface area contributed by atoms with E-state index in [9.17, 15) is 19.2 Å². The van der Waals surface area contributed by atoms with Gasteiger partial charge in [-0.3, -0.25) is 4.79 Å². The molecule has 0 saturated carbocycles. The Hall–Kier alpha value is -3.16. The van der Waals surface area contributed by atoms with Gasteiger partial charge < -0.3 is 19.9 Å². The normalized spacial score (nSPS) is 10.1. The van der Waals surface area contributed by atoms with E-state index >= 15 is 0 Å². The lowest BCUT2D eigenvalue weighted by molar-refractivity contribution is -0.131. The van der Waals surface area contributed by atoms with Crippen molar-refractivity contribution in [1.82, 2.24) is 0 Å². The predicted octanol–water partition coefficient (Wildman–Crippen LogP) is 0.839. The largest absolute Gasteiger partial charge is 0.478 e. The number of hydrogen-bond donors (Lipinski definition) is 2. The summed E-state index contributed by atoms with van der Waals surface area (Å²) in [6.07, 6.45) is 1.45. The van der Waals surface area contributed by atoms with Crippen molar-refractivity contribution in [1.29, 1.82) is 0 Å². The minimum atomic E-state index is -1.28. The monoisotopic (exact) mass is 307 g/mol. The molecule has 0 bridgehead atoms. The van der Waals surface area contributed by atoms with Crippen molar-refractivity contribution in [3.63, 3.8) is 0 Å². The lowest BCUT2D eigenvalue weighted by atomic mass is 10.1. The molecule has 116 valence electrons. The molecule has 0 aliphatic carbocycles. The third-order valence-electron chi connectivity index (χ3n) is 2.42. The number of ether oxygens (including phenoxy) is 2. The zero-order chi connectivity index (χ0) is 16.7. The smallest absolute Gasteiger partial charge is 0.337 e. The van der Waals surface area contributed by atoms with Gasteiger partial charge in [0.05, 0.1) is 25.3 Å². The average molecular weight is 307 g/mol. The molecular formula is C14H13NO7. The minimum Gasteiger partial charge on any atom is -0.478 e. The number of rotatable bonds is 5. The van der Waals surface area contributed by atoms with E-state index in [0.29, 0.717) is 6.08 Å². The van der Waals surface area contributed by atoms with Gasteiger partial charge in [0, 0.05) is 17.8 Å². The van der Waals surface area contributed by atoms with Crippen LogP contribution in [-0.4, -0.2) is 43.1 Å². The summed E-state index contributed by atoms with van der Waals surface area (Å²) in [7, 11) is 2.34. The summed E-state index contributed by atoms with van der Waals surface area (Å²) >= 11 is 0. The summed E-state index contributed by atoms with van der Waals surface area (Å²) < 4.78 is 9.10. The van der Waals surface area contributed by atoms with Gasteiger partial charge in [-0.15, -0.1) is 0 Å². The molecular weight excluding hydrogens is 294 g/mol.